The molecule has 196 valence electrons. The highest BCUT2D eigenvalue weighted by atomic mass is 16.7. The number of hydrogen-bond acceptors (Lipinski definition) is 6. The molecule has 1 N–H and O–H groups in total. The number of esters is 1. The van der Waals surface area contributed by atoms with E-state index in [1.165, 1.54) is 6.08 Å². The van der Waals surface area contributed by atoms with Crippen molar-refractivity contribution < 1.29 is 23.8 Å². The lowest BCUT2D eigenvalue weighted by Crippen LogP contribution is -2.51. The predicted molar refractivity (Wildman–Crippen MR) is 140 cm³/mol. The lowest BCUT2D eigenvalue weighted by molar-refractivity contribution is -0.157. The Morgan fingerprint density at radius 1 is 1.03 bits per heavy atom. The van der Waals surface area contributed by atoms with Gasteiger partial charge in [-0.3, -0.25) is 14.9 Å². The highest BCUT2D eigenvalue weighted by molar-refractivity contribution is 5.94. The molecule has 35 heavy (non-hydrogen) atoms. The van der Waals surface area contributed by atoms with Crippen molar-refractivity contribution in [2.45, 2.75) is 98.1 Å². The third-order valence-electron chi connectivity index (χ3n) is 6.09. The summed E-state index contributed by atoms with van der Waals surface area (Å²) in [5, 5.41) is 3.46. The number of ether oxygens (including phenoxy) is 3. The molecule has 0 bridgehead atoms. The van der Waals surface area contributed by atoms with Crippen molar-refractivity contribution in [3.05, 3.63) is 41.5 Å². The second kappa shape index (κ2) is 14.5. The Kier molecular flexibility index (Phi) is 12.1. The van der Waals surface area contributed by atoms with Crippen LogP contribution in [0.15, 0.2) is 30.3 Å². The summed E-state index contributed by atoms with van der Waals surface area (Å²) in [5.74, 6) is 0.523. The molecule has 1 aromatic rings. The molecule has 0 heterocycles. The Balaban J connectivity index is 1.85. The van der Waals surface area contributed by atoms with Crippen LogP contribution in [-0.4, -0.2) is 42.9 Å². The van der Waals surface area contributed by atoms with E-state index in [0.717, 1.165) is 36.8 Å². The molecule has 2 atom stereocenters. The molecular formula is C29H45NO5. The number of ketones is 1. The monoisotopic (exact) mass is 487 g/mol. The quantitative estimate of drug-likeness (QED) is 0.195. The van der Waals surface area contributed by atoms with Crippen molar-refractivity contribution in [2.75, 3.05) is 13.2 Å². The average Bonchev–Trinajstić information content (AvgIpc) is 3.32. The molecule has 0 aromatic heterocycles. The SMILES string of the molecule is CC(C)COC(C)OCC(=O)/C=C/c1ccc(CN[C@](C)(CC(C)C)C(=O)OC2CCCC2)cc1. The van der Waals surface area contributed by atoms with E-state index < -0.39 is 11.8 Å². The van der Waals surface area contributed by atoms with Crippen molar-refractivity contribution in [1.29, 1.82) is 0 Å². The molecule has 1 fully saturated rings. The zero-order valence-corrected chi connectivity index (χ0v) is 22.5. The van der Waals surface area contributed by atoms with Gasteiger partial charge in [0, 0.05) is 6.54 Å². The minimum atomic E-state index is -0.724. The van der Waals surface area contributed by atoms with E-state index in [-0.39, 0.29) is 24.5 Å². The van der Waals surface area contributed by atoms with Crippen LogP contribution in [0.2, 0.25) is 0 Å². The fraction of sp³-hybridized carbons (Fsp3) is 0.655. The molecule has 1 saturated carbocycles. The number of carbonyl (C=O) groups is 2. The van der Waals surface area contributed by atoms with Crippen LogP contribution in [0.4, 0.5) is 0 Å². The molecular weight excluding hydrogens is 442 g/mol. The molecule has 1 aliphatic rings. The van der Waals surface area contributed by atoms with Crippen LogP contribution in [0.3, 0.4) is 0 Å². The lowest BCUT2D eigenvalue weighted by Gasteiger charge is -2.31. The Morgan fingerprint density at radius 2 is 1.69 bits per heavy atom. The van der Waals surface area contributed by atoms with Gasteiger partial charge in [0.15, 0.2) is 12.1 Å². The fourth-order valence-corrected chi connectivity index (χ4v) is 4.19. The Labute approximate surface area is 211 Å². The van der Waals surface area contributed by atoms with Gasteiger partial charge >= 0.3 is 5.97 Å². The van der Waals surface area contributed by atoms with E-state index in [2.05, 4.69) is 33.0 Å². The maximum Gasteiger partial charge on any atom is 0.326 e. The van der Waals surface area contributed by atoms with Crippen molar-refractivity contribution in [2.24, 2.45) is 11.8 Å². The summed E-state index contributed by atoms with van der Waals surface area (Å²) in [5.41, 5.74) is 1.27. The summed E-state index contributed by atoms with van der Waals surface area (Å²) < 4.78 is 16.8. The van der Waals surface area contributed by atoms with Gasteiger partial charge in [-0.1, -0.05) is 58.0 Å². The third kappa shape index (κ3) is 11.1. The van der Waals surface area contributed by atoms with Crippen molar-refractivity contribution >= 4 is 17.8 Å². The zero-order chi connectivity index (χ0) is 25.8. The van der Waals surface area contributed by atoms with E-state index in [1.54, 1.807) is 13.0 Å². The van der Waals surface area contributed by atoms with Gasteiger partial charge in [-0.2, -0.15) is 0 Å². The first-order chi connectivity index (χ1) is 16.6. The van der Waals surface area contributed by atoms with E-state index in [9.17, 15) is 9.59 Å². The van der Waals surface area contributed by atoms with Gasteiger partial charge in [0.05, 0.1) is 6.61 Å². The molecule has 1 unspecified atom stereocenters. The number of nitrogens with one attached hydrogen (secondary N) is 1. The topological polar surface area (TPSA) is 73.9 Å². The molecule has 0 aliphatic heterocycles. The summed E-state index contributed by atoms with van der Waals surface area (Å²) in [6.07, 6.45) is 7.89. The molecule has 0 saturated heterocycles. The maximum atomic E-state index is 13.0. The highest BCUT2D eigenvalue weighted by Crippen LogP contribution is 2.25. The number of benzene rings is 1. The molecule has 0 amide bonds. The van der Waals surface area contributed by atoms with Gasteiger partial charge in [0.25, 0.3) is 0 Å². The zero-order valence-electron chi connectivity index (χ0n) is 22.5. The highest BCUT2D eigenvalue weighted by Gasteiger charge is 2.37. The molecule has 6 nitrogen and oxygen atoms in total. The minimum Gasteiger partial charge on any atom is -0.461 e. The summed E-state index contributed by atoms with van der Waals surface area (Å²) in [7, 11) is 0. The third-order valence-corrected chi connectivity index (χ3v) is 6.09. The van der Waals surface area contributed by atoms with Crippen LogP contribution in [0.1, 0.15) is 84.8 Å². The number of hydrogen-bond donors (Lipinski definition) is 1. The Hall–Kier alpha value is -2.02. The second-order valence-corrected chi connectivity index (χ2v) is 10.7. The van der Waals surface area contributed by atoms with Crippen molar-refractivity contribution in [3.8, 4) is 0 Å². The largest absolute Gasteiger partial charge is 0.461 e. The van der Waals surface area contributed by atoms with Crippen LogP contribution in [-0.2, 0) is 30.3 Å². The van der Waals surface area contributed by atoms with Gasteiger partial charge in [0.2, 0.25) is 0 Å². The molecule has 2 rings (SSSR count). The van der Waals surface area contributed by atoms with Gasteiger partial charge in [0.1, 0.15) is 18.2 Å². The van der Waals surface area contributed by atoms with Gasteiger partial charge in [-0.15, -0.1) is 0 Å². The maximum absolute atomic E-state index is 13.0. The molecule has 0 spiro atoms. The Morgan fingerprint density at radius 3 is 2.29 bits per heavy atom. The average molecular weight is 488 g/mol. The van der Waals surface area contributed by atoms with E-state index >= 15 is 0 Å². The second-order valence-electron chi connectivity index (χ2n) is 10.7. The van der Waals surface area contributed by atoms with E-state index in [4.69, 9.17) is 14.2 Å². The first kappa shape index (κ1) is 29.2. The van der Waals surface area contributed by atoms with Crippen LogP contribution < -0.4 is 5.32 Å². The lowest BCUT2D eigenvalue weighted by atomic mass is 9.90. The van der Waals surface area contributed by atoms with Gasteiger partial charge in [-0.05, 0) is 75.0 Å². The van der Waals surface area contributed by atoms with Crippen molar-refractivity contribution in [3.63, 3.8) is 0 Å². The number of carbonyl (C=O) groups excluding carboxylic acids is 2. The van der Waals surface area contributed by atoms with Crippen LogP contribution in [0.5, 0.6) is 0 Å². The molecule has 0 radical (unpaired) electrons. The van der Waals surface area contributed by atoms with Crippen LogP contribution in [0.25, 0.3) is 6.08 Å². The Bertz CT molecular complexity index is 811. The standard InChI is InChI=1S/C29H45NO5/c1-21(2)17-29(6,28(32)35-27-9-7-8-10-27)30-18-25-13-11-24(12-14-25)15-16-26(31)20-34-23(5)33-19-22(3)4/h11-16,21-23,27,30H,7-10,17-20H2,1-6H3/b16-15+/t23?,29-/m1/s1. The normalized spacial score (nSPS) is 17.3. The number of rotatable bonds is 15. The summed E-state index contributed by atoms with van der Waals surface area (Å²) in [6, 6.07) is 7.94. The van der Waals surface area contributed by atoms with E-state index in [1.807, 2.05) is 31.2 Å². The first-order valence-corrected chi connectivity index (χ1v) is 13.1. The summed E-state index contributed by atoms with van der Waals surface area (Å²) in [4.78, 5) is 25.1. The van der Waals surface area contributed by atoms with Gasteiger partial charge < -0.3 is 14.2 Å². The molecule has 6 heteroatoms. The molecule has 1 aromatic carbocycles. The van der Waals surface area contributed by atoms with Crippen LogP contribution in [0, 0.1) is 11.8 Å². The molecule has 1 aliphatic carbocycles. The van der Waals surface area contributed by atoms with Crippen LogP contribution >= 0.6 is 0 Å². The minimum absolute atomic E-state index is 0.0108. The van der Waals surface area contributed by atoms with Crippen molar-refractivity contribution in [1.82, 2.24) is 5.32 Å². The summed E-state index contributed by atoms with van der Waals surface area (Å²) >= 11 is 0. The smallest absolute Gasteiger partial charge is 0.326 e. The first-order valence-electron chi connectivity index (χ1n) is 13.1. The fourth-order valence-electron chi connectivity index (χ4n) is 4.19. The predicted octanol–water partition coefficient (Wildman–Crippen LogP) is 5.68. The van der Waals surface area contributed by atoms with Gasteiger partial charge in [-0.25, -0.2) is 0 Å². The van der Waals surface area contributed by atoms with E-state index in [0.29, 0.717) is 31.4 Å². The summed E-state index contributed by atoms with van der Waals surface area (Å²) in [6.45, 7) is 13.3.